The van der Waals surface area contributed by atoms with Gasteiger partial charge in [0.2, 0.25) is 5.91 Å². The molecule has 3 rings (SSSR count). The standard InChI is InChI=1S/C16H22N6O2/c1-12-9-19-22(10-12)11-14(23)21-7-3-13(4-8-21)20-15-16(24-2)18-6-5-17-15/h5-6,9-10,13H,3-4,7-8,11H2,1-2H3,(H,17,20). The Labute approximate surface area is 140 Å². The minimum absolute atomic E-state index is 0.105. The first-order valence-electron chi connectivity index (χ1n) is 8.04. The molecule has 128 valence electrons. The summed E-state index contributed by atoms with van der Waals surface area (Å²) in [5.41, 5.74) is 1.06. The summed E-state index contributed by atoms with van der Waals surface area (Å²) >= 11 is 0. The molecule has 0 atom stereocenters. The second-order valence-corrected chi connectivity index (χ2v) is 5.93. The lowest BCUT2D eigenvalue weighted by Gasteiger charge is -2.32. The SMILES string of the molecule is COc1nccnc1NC1CCN(C(=O)Cn2cc(C)cn2)CC1. The van der Waals surface area contributed by atoms with Crippen molar-refractivity contribution in [2.75, 3.05) is 25.5 Å². The van der Waals surface area contributed by atoms with Crippen molar-refractivity contribution in [1.29, 1.82) is 0 Å². The molecule has 8 nitrogen and oxygen atoms in total. The van der Waals surface area contributed by atoms with Gasteiger partial charge in [-0.15, -0.1) is 0 Å². The molecule has 0 unspecified atom stereocenters. The predicted molar refractivity (Wildman–Crippen MR) is 88.8 cm³/mol. The molecule has 1 fully saturated rings. The van der Waals surface area contributed by atoms with Crippen molar-refractivity contribution < 1.29 is 9.53 Å². The molecule has 1 N–H and O–H groups in total. The zero-order valence-electron chi connectivity index (χ0n) is 14.0. The van der Waals surface area contributed by atoms with Gasteiger partial charge in [0.15, 0.2) is 5.82 Å². The molecule has 2 aromatic rings. The van der Waals surface area contributed by atoms with E-state index in [4.69, 9.17) is 4.74 Å². The lowest BCUT2D eigenvalue weighted by molar-refractivity contribution is -0.133. The number of hydrogen-bond donors (Lipinski definition) is 1. The van der Waals surface area contributed by atoms with Crippen molar-refractivity contribution in [3.63, 3.8) is 0 Å². The number of methoxy groups -OCH3 is 1. The molecule has 0 radical (unpaired) electrons. The first kappa shape index (κ1) is 16.2. The number of aromatic nitrogens is 4. The van der Waals surface area contributed by atoms with Crippen molar-refractivity contribution >= 4 is 11.7 Å². The van der Waals surface area contributed by atoms with Crippen LogP contribution < -0.4 is 10.1 Å². The maximum absolute atomic E-state index is 12.3. The number of amides is 1. The smallest absolute Gasteiger partial charge is 0.257 e. The predicted octanol–water partition coefficient (Wildman–Crippen LogP) is 1.09. The second-order valence-electron chi connectivity index (χ2n) is 5.93. The Kier molecular flexibility index (Phi) is 4.93. The summed E-state index contributed by atoms with van der Waals surface area (Å²) in [6, 6.07) is 0.256. The summed E-state index contributed by atoms with van der Waals surface area (Å²) in [7, 11) is 1.58. The maximum atomic E-state index is 12.3. The van der Waals surface area contributed by atoms with Crippen LogP contribution in [0.1, 0.15) is 18.4 Å². The highest BCUT2D eigenvalue weighted by Crippen LogP contribution is 2.21. The van der Waals surface area contributed by atoms with E-state index in [1.807, 2.05) is 18.0 Å². The Hall–Kier alpha value is -2.64. The second kappa shape index (κ2) is 7.29. The summed E-state index contributed by atoms with van der Waals surface area (Å²) in [6.45, 7) is 3.70. The van der Waals surface area contributed by atoms with E-state index < -0.39 is 0 Å². The molecule has 0 spiro atoms. The Balaban J connectivity index is 1.51. The summed E-state index contributed by atoms with van der Waals surface area (Å²) in [4.78, 5) is 22.6. The normalized spacial score (nSPS) is 15.3. The van der Waals surface area contributed by atoms with Crippen LogP contribution in [0.15, 0.2) is 24.8 Å². The van der Waals surface area contributed by atoms with Gasteiger partial charge in [0, 0.05) is 37.7 Å². The molecule has 1 aliphatic heterocycles. The molecule has 8 heteroatoms. The average Bonchev–Trinajstić information content (AvgIpc) is 3.01. The van der Waals surface area contributed by atoms with Gasteiger partial charge in [-0.25, -0.2) is 9.97 Å². The summed E-state index contributed by atoms with van der Waals surface area (Å²) in [6.07, 6.45) is 8.61. The van der Waals surface area contributed by atoms with Gasteiger partial charge in [-0.3, -0.25) is 9.48 Å². The first-order chi connectivity index (χ1) is 11.7. The van der Waals surface area contributed by atoms with E-state index >= 15 is 0 Å². The van der Waals surface area contributed by atoms with Crippen LogP contribution in [0.4, 0.5) is 5.82 Å². The minimum atomic E-state index is 0.105. The minimum Gasteiger partial charge on any atom is -0.478 e. The molecule has 0 aliphatic carbocycles. The van der Waals surface area contributed by atoms with Gasteiger partial charge in [-0.2, -0.15) is 5.10 Å². The van der Waals surface area contributed by atoms with Crippen LogP contribution >= 0.6 is 0 Å². The molecule has 24 heavy (non-hydrogen) atoms. The molecule has 0 aromatic carbocycles. The maximum Gasteiger partial charge on any atom is 0.257 e. The third kappa shape index (κ3) is 3.81. The molecule has 0 bridgehead atoms. The molecule has 1 saturated heterocycles. The Morgan fingerprint density at radius 3 is 2.75 bits per heavy atom. The fraction of sp³-hybridized carbons (Fsp3) is 0.500. The van der Waals surface area contributed by atoms with Gasteiger partial charge in [0.05, 0.1) is 13.3 Å². The average molecular weight is 330 g/mol. The van der Waals surface area contributed by atoms with Gasteiger partial charge in [-0.05, 0) is 25.3 Å². The number of ether oxygens (including phenoxy) is 1. The van der Waals surface area contributed by atoms with Crippen molar-refractivity contribution in [3.05, 3.63) is 30.4 Å². The van der Waals surface area contributed by atoms with Crippen molar-refractivity contribution in [1.82, 2.24) is 24.6 Å². The number of anilines is 1. The molecular formula is C16H22N6O2. The zero-order valence-corrected chi connectivity index (χ0v) is 14.0. The number of aryl methyl sites for hydroxylation is 1. The third-order valence-electron chi connectivity index (χ3n) is 4.11. The highest BCUT2D eigenvalue weighted by Gasteiger charge is 2.24. The Morgan fingerprint density at radius 1 is 1.33 bits per heavy atom. The number of rotatable bonds is 5. The van der Waals surface area contributed by atoms with Crippen molar-refractivity contribution in [2.24, 2.45) is 0 Å². The molecule has 2 aromatic heterocycles. The first-order valence-corrected chi connectivity index (χ1v) is 8.04. The Morgan fingerprint density at radius 2 is 2.08 bits per heavy atom. The van der Waals surface area contributed by atoms with E-state index in [0.29, 0.717) is 18.2 Å². The van der Waals surface area contributed by atoms with Crippen LogP contribution in [-0.2, 0) is 11.3 Å². The van der Waals surface area contributed by atoms with E-state index in [1.165, 1.54) is 0 Å². The van der Waals surface area contributed by atoms with Gasteiger partial charge in [-0.1, -0.05) is 0 Å². The lowest BCUT2D eigenvalue weighted by Crippen LogP contribution is -2.43. The van der Waals surface area contributed by atoms with Gasteiger partial charge in [0.1, 0.15) is 6.54 Å². The molecule has 1 aliphatic rings. The summed E-state index contributed by atoms with van der Waals surface area (Å²) in [5.74, 6) is 1.25. The van der Waals surface area contributed by atoms with E-state index in [1.54, 1.807) is 30.4 Å². The highest BCUT2D eigenvalue weighted by atomic mass is 16.5. The third-order valence-corrected chi connectivity index (χ3v) is 4.11. The highest BCUT2D eigenvalue weighted by molar-refractivity contribution is 5.76. The van der Waals surface area contributed by atoms with Crippen LogP contribution in [0.3, 0.4) is 0 Å². The fourth-order valence-corrected chi connectivity index (χ4v) is 2.83. The number of piperidine rings is 1. The van der Waals surface area contributed by atoms with Crippen LogP contribution in [0.25, 0.3) is 0 Å². The number of nitrogens with zero attached hydrogens (tertiary/aromatic N) is 5. The quantitative estimate of drug-likeness (QED) is 0.883. The molecule has 0 saturated carbocycles. The van der Waals surface area contributed by atoms with Crippen LogP contribution in [-0.4, -0.2) is 56.8 Å². The van der Waals surface area contributed by atoms with Crippen LogP contribution in [0.5, 0.6) is 5.88 Å². The van der Waals surface area contributed by atoms with Crippen molar-refractivity contribution in [3.8, 4) is 5.88 Å². The van der Waals surface area contributed by atoms with Gasteiger partial charge < -0.3 is 15.0 Å². The zero-order chi connectivity index (χ0) is 16.9. The van der Waals surface area contributed by atoms with E-state index in [9.17, 15) is 4.79 Å². The van der Waals surface area contributed by atoms with E-state index in [0.717, 1.165) is 31.5 Å². The van der Waals surface area contributed by atoms with E-state index in [2.05, 4.69) is 20.4 Å². The lowest BCUT2D eigenvalue weighted by atomic mass is 10.1. The number of hydrogen-bond acceptors (Lipinski definition) is 6. The number of carbonyl (C=O) groups excluding carboxylic acids is 1. The number of nitrogens with one attached hydrogen (secondary N) is 1. The monoisotopic (exact) mass is 330 g/mol. The number of likely N-dealkylation sites (tertiary alicyclic amines) is 1. The molecule has 1 amide bonds. The largest absolute Gasteiger partial charge is 0.478 e. The molecule has 3 heterocycles. The van der Waals surface area contributed by atoms with Gasteiger partial charge in [0.25, 0.3) is 5.88 Å². The van der Waals surface area contributed by atoms with Crippen LogP contribution in [0.2, 0.25) is 0 Å². The Bertz CT molecular complexity index is 693. The molecular weight excluding hydrogens is 308 g/mol. The number of carbonyl (C=O) groups is 1. The van der Waals surface area contributed by atoms with E-state index in [-0.39, 0.29) is 11.9 Å². The fourth-order valence-electron chi connectivity index (χ4n) is 2.83. The topological polar surface area (TPSA) is 85.2 Å². The summed E-state index contributed by atoms with van der Waals surface area (Å²) in [5, 5.41) is 7.53. The van der Waals surface area contributed by atoms with Crippen LogP contribution in [0, 0.1) is 6.92 Å². The van der Waals surface area contributed by atoms with Crippen molar-refractivity contribution in [2.45, 2.75) is 32.4 Å². The van der Waals surface area contributed by atoms with Gasteiger partial charge >= 0.3 is 0 Å². The summed E-state index contributed by atoms with van der Waals surface area (Å²) < 4.78 is 6.89.